The minimum absolute atomic E-state index is 0. The Balaban J connectivity index is 0.00000208. The largest absolute Gasteiger partial charge is 0.377 e. The lowest BCUT2D eigenvalue weighted by molar-refractivity contribution is -0.229. The molecule has 1 aliphatic carbocycles. The highest BCUT2D eigenvalue weighted by atomic mass is 35.5. The van der Waals surface area contributed by atoms with Crippen molar-refractivity contribution in [2.45, 2.75) is 44.9 Å². The zero-order valence-electron chi connectivity index (χ0n) is 14.4. The molecule has 2 aliphatic rings. The molecule has 1 saturated heterocycles. The Hall–Kier alpha value is -1.17. The zero-order valence-corrected chi connectivity index (χ0v) is 15.2. The molecule has 1 heterocycles. The van der Waals surface area contributed by atoms with E-state index in [1.165, 1.54) is 12.1 Å². The van der Waals surface area contributed by atoms with Crippen LogP contribution in [0.15, 0.2) is 24.3 Å². The van der Waals surface area contributed by atoms with Gasteiger partial charge in [0, 0.05) is 31.5 Å². The van der Waals surface area contributed by atoms with E-state index in [0.29, 0.717) is 6.54 Å². The molecular formula is C18H26ClFN2O2. The minimum atomic E-state index is -0.917. The van der Waals surface area contributed by atoms with Crippen LogP contribution < -0.4 is 5.73 Å². The van der Waals surface area contributed by atoms with Crippen LogP contribution in [0.25, 0.3) is 0 Å². The monoisotopic (exact) mass is 356 g/mol. The Bertz CT molecular complexity index is 625. The molecular weight excluding hydrogens is 331 g/mol. The number of halogens is 2. The van der Waals surface area contributed by atoms with Crippen molar-refractivity contribution in [3.63, 3.8) is 0 Å². The van der Waals surface area contributed by atoms with Gasteiger partial charge in [0.25, 0.3) is 0 Å². The van der Waals surface area contributed by atoms with E-state index in [4.69, 9.17) is 10.5 Å². The van der Waals surface area contributed by atoms with Crippen LogP contribution in [0.3, 0.4) is 0 Å². The van der Waals surface area contributed by atoms with Crippen LogP contribution in [-0.4, -0.2) is 36.1 Å². The summed E-state index contributed by atoms with van der Waals surface area (Å²) >= 11 is 0. The standard InChI is InChI=1S/C18H25FN2O2.ClH/c1-17(2)15-14(8-5-9-23-15)18(17,20)16(22)21(3)11-12-6-4-7-13(19)10-12;/h4,6-7,10,14-15H,5,8-9,11,20H2,1-3H3;1H. The molecule has 2 fully saturated rings. The van der Waals surface area contributed by atoms with Gasteiger partial charge in [-0.2, -0.15) is 0 Å². The van der Waals surface area contributed by atoms with Gasteiger partial charge in [0.15, 0.2) is 0 Å². The fraction of sp³-hybridized carbons (Fsp3) is 0.611. The number of carbonyl (C=O) groups excluding carboxylic acids is 1. The summed E-state index contributed by atoms with van der Waals surface area (Å²) in [5, 5.41) is 0. The maximum Gasteiger partial charge on any atom is 0.243 e. The molecule has 0 radical (unpaired) electrons. The first-order valence-corrected chi connectivity index (χ1v) is 8.19. The molecule has 2 N–H and O–H groups in total. The summed E-state index contributed by atoms with van der Waals surface area (Å²) in [6.07, 6.45) is 1.91. The fourth-order valence-corrected chi connectivity index (χ4v) is 4.31. The molecule has 134 valence electrons. The van der Waals surface area contributed by atoms with Gasteiger partial charge in [0.1, 0.15) is 11.4 Å². The average molecular weight is 357 g/mol. The number of likely N-dealkylation sites (N-methyl/N-ethyl adjacent to an activating group) is 1. The summed E-state index contributed by atoms with van der Waals surface area (Å²) in [7, 11) is 1.73. The molecule has 3 rings (SSSR count). The molecule has 24 heavy (non-hydrogen) atoms. The van der Waals surface area contributed by atoms with E-state index in [-0.39, 0.29) is 36.2 Å². The van der Waals surface area contributed by atoms with Crippen molar-refractivity contribution in [3.8, 4) is 0 Å². The first-order valence-electron chi connectivity index (χ1n) is 8.19. The predicted molar refractivity (Wildman–Crippen MR) is 93.3 cm³/mol. The van der Waals surface area contributed by atoms with Gasteiger partial charge >= 0.3 is 0 Å². The highest BCUT2D eigenvalue weighted by molar-refractivity contribution is 5.89. The number of amides is 1. The van der Waals surface area contributed by atoms with Crippen molar-refractivity contribution in [1.29, 1.82) is 0 Å². The quantitative estimate of drug-likeness (QED) is 0.906. The molecule has 3 atom stereocenters. The fourth-order valence-electron chi connectivity index (χ4n) is 4.31. The summed E-state index contributed by atoms with van der Waals surface area (Å²) in [5.74, 6) is -0.317. The Morgan fingerprint density at radius 2 is 2.17 bits per heavy atom. The number of nitrogens with two attached hydrogens (primary N) is 1. The first kappa shape index (κ1) is 19.2. The molecule has 1 aromatic rings. The molecule has 6 heteroatoms. The van der Waals surface area contributed by atoms with Crippen molar-refractivity contribution < 1.29 is 13.9 Å². The van der Waals surface area contributed by atoms with Gasteiger partial charge < -0.3 is 15.4 Å². The van der Waals surface area contributed by atoms with Gasteiger partial charge in [-0.15, -0.1) is 12.4 Å². The molecule has 1 aromatic carbocycles. The Kier molecular flexibility index (Phi) is 5.28. The number of hydrogen-bond donors (Lipinski definition) is 1. The van der Waals surface area contributed by atoms with E-state index in [9.17, 15) is 9.18 Å². The third kappa shape index (κ3) is 2.72. The lowest BCUT2D eigenvalue weighted by atomic mass is 9.46. The summed E-state index contributed by atoms with van der Waals surface area (Å²) < 4.78 is 19.2. The van der Waals surface area contributed by atoms with Crippen molar-refractivity contribution in [2.75, 3.05) is 13.7 Å². The SMILES string of the molecule is CN(Cc1cccc(F)c1)C(=O)C1(N)C2CCCOC2C1(C)C.Cl. The number of nitrogens with zero attached hydrogens (tertiary/aromatic N) is 1. The van der Waals surface area contributed by atoms with Crippen molar-refractivity contribution in [1.82, 2.24) is 4.90 Å². The Morgan fingerprint density at radius 1 is 1.46 bits per heavy atom. The summed E-state index contributed by atoms with van der Waals surface area (Å²) in [5.41, 5.74) is 6.07. The van der Waals surface area contributed by atoms with Crippen LogP contribution in [-0.2, 0) is 16.1 Å². The summed E-state index contributed by atoms with van der Waals surface area (Å²) in [6.45, 7) is 5.11. The highest BCUT2D eigenvalue weighted by Gasteiger charge is 2.70. The van der Waals surface area contributed by atoms with Crippen LogP contribution in [0.4, 0.5) is 4.39 Å². The number of ether oxygens (including phenoxy) is 1. The lowest BCUT2D eigenvalue weighted by Gasteiger charge is -2.65. The highest BCUT2D eigenvalue weighted by Crippen LogP contribution is 2.57. The van der Waals surface area contributed by atoms with Gasteiger partial charge in [0.05, 0.1) is 6.10 Å². The summed E-state index contributed by atoms with van der Waals surface area (Å²) in [4.78, 5) is 14.7. The van der Waals surface area contributed by atoms with E-state index in [1.807, 2.05) is 19.9 Å². The molecule has 1 saturated carbocycles. The molecule has 3 unspecified atom stereocenters. The number of fused-ring (bicyclic) bond motifs is 1. The second-order valence-corrected chi connectivity index (χ2v) is 7.42. The van der Waals surface area contributed by atoms with Crippen LogP contribution >= 0.6 is 12.4 Å². The number of carbonyl (C=O) groups is 1. The number of hydrogen-bond acceptors (Lipinski definition) is 3. The maximum atomic E-state index is 13.3. The van der Waals surface area contributed by atoms with Gasteiger partial charge in [-0.1, -0.05) is 26.0 Å². The van der Waals surface area contributed by atoms with Gasteiger partial charge in [-0.25, -0.2) is 4.39 Å². The van der Waals surface area contributed by atoms with Crippen LogP contribution in [0.1, 0.15) is 32.3 Å². The van der Waals surface area contributed by atoms with Crippen molar-refractivity contribution >= 4 is 18.3 Å². The molecule has 0 aromatic heterocycles. The maximum absolute atomic E-state index is 13.3. The Labute approximate surface area is 148 Å². The van der Waals surface area contributed by atoms with E-state index in [1.54, 1.807) is 18.0 Å². The predicted octanol–water partition coefficient (Wildman–Crippen LogP) is 2.74. The van der Waals surface area contributed by atoms with Crippen LogP contribution in [0, 0.1) is 17.2 Å². The lowest BCUT2D eigenvalue weighted by Crippen LogP contribution is -2.82. The number of rotatable bonds is 3. The van der Waals surface area contributed by atoms with E-state index in [2.05, 4.69) is 0 Å². The second kappa shape index (κ2) is 6.62. The first-order chi connectivity index (χ1) is 10.8. The molecule has 1 amide bonds. The molecule has 4 nitrogen and oxygen atoms in total. The van der Waals surface area contributed by atoms with E-state index >= 15 is 0 Å². The average Bonchev–Trinajstić information content (AvgIpc) is 2.53. The summed E-state index contributed by atoms with van der Waals surface area (Å²) in [6, 6.07) is 6.31. The molecule has 0 spiro atoms. The Morgan fingerprint density at radius 3 is 2.83 bits per heavy atom. The number of benzene rings is 1. The van der Waals surface area contributed by atoms with Crippen LogP contribution in [0.5, 0.6) is 0 Å². The van der Waals surface area contributed by atoms with Crippen molar-refractivity contribution in [3.05, 3.63) is 35.6 Å². The third-order valence-corrected chi connectivity index (χ3v) is 5.69. The van der Waals surface area contributed by atoms with Crippen LogP contribution in [0.2, 0.25) is 0 Å². The van der Waals surface area contributed by atoms with Gasteiger partial charge in [-0.3, -0.25) is 4.79 Å². The molecule has 0 bridgehead atoms. The third-order valence-electron chi connectivity index (χ3n) is 5.69. The van der Waals surface area contributed by atoms with Crippen molar-refractivity contribution in [2.24, 2.45) is 17.1 Å². The van der Waals surface area contributed by atoms with Gasteiger partial charge in [-0.05, 0) is 30.5 Å². The zero-order chi connectivity index (χ0) is 16.8. The van der Waals surface area contributed by atoms with E-state index < -0.39 is 11.0 Å². The van der Waals surface area contributed by atoms with E-state index in [0.717, 1.165) is 25.0 Å². The topological polar surface area (TPSA) is 55.6 Å². The smallest absolute Gasteiger partial charge is 0.243 e. The van der Waals surface area contributed by atoms with Gasteiger partial charge in [0.2, 0.25) is 5.91 Å². The second-order valence-electron chi connectivity index (χ2n) is 7.42. The normalized spacial score (nSPS) is 30.5. The molecule has 1 aliphatic heterocycles. The minimum Gasteiger partial charge on any atom is -0.377 e.